The second-order valence-electron chi connectivity index (χ2n) is 6.68. The van der Waals surface area contributed by atoms with Crippen molar-refractivity contribution in [3.8, 4) is 5.75 Å². The van der Waals surface area contributed by atoms with Crippen LogP contribution < -0.4 is 20.8 Å². The standard InChI is InChI=1S/C22H26N4O5/c1-15-7-8-19(16(2)11-15)25-20(27)14-31-18-6-4-5-17(12-18)13-24-26-22(29)21(28)23-9-10-30-3/h4-8,11-13H,9-10,14H2,1-3H3,(H,23,28)(H,25,27)(H,26,29)/b24-13-. The summed E-state index contributed by atoms with van der Waals surface area (Å²) in [5, 5.41) is 8.95. The first-order valence-electron chi connectivity index (χ1n) is 9.59. The molecule has 0 radical (unpaired) electrons. The van der Waals surface area contributed by atoms with E-state index in [0.29, 0.717) is 17.9 Å². The summed E-state index contributed by atoms with van der Waals surface area (Å²) in [5.74, 6) is -1.51. The van der Waals surface area contributed by atoms with Crippen LogP contribution in [-0.2, 0) is 19.1 Å². The third-order valence-electron chi connectivity index (χ3n) is 4.06. The highest BCUT2D eigenvalue weighted by molar-refractivity contribution is 6.35. The van der Waals surface area contributed by atoms with Crippen molar-refractivity contribution >= 4 is 29.6 Å². The van der Waals surface area contributed by atoms with Gasteiger partial charge in [-0.3, -0.25) is 14.4 Å². The highest BCUT2D eigenvalue weighted by Gasteiger charge is 2.11. The van der Waals surface area contributed by atoms with Crippen LogP contribution in [0.4, 0.5) is 5.69 Å². The van der Waals surface area contributed by atoms with Crippen LogP contribution in [0.2, 0.25) is 0 Å². The predicted octanol–water partition coefficient (Wildman–Crippen LogP) is 1.53. The van der Waals surface area contributed by atoms with Gasteiger partial charge in [-0.2, -0.15) is 5.10 Å². The summed E-state index contributed by atoms with van der Waals surface area (Å²) in [6.07, 6.45) is 1.36. The lowest BCUT2D eigenvalue weighted by Gasteiger charge is -2.10. The molecule has 0 bridgehead atoms. The minimum absolute atomic E-state index is 0.160. The Hall–Kier alpha value is -3.72. The summed E-state index contributed by atoms with van der Waals surface area (Å²) in [6.45, 7) is 4.28. The van der Waals surface area contributed by atoms with Crippen molar-refractivity contribution in [2.45, 2.75) is 13.8 Å². The summed E-state index contributed by atoms with van der Waals surface area (Å²) in [7, 11) is 1.49. The lowest BCUT2D eigenvalue weighted by molar-refractivity contribution is -0.139. The zero-order valence-corrected chi connectivity index (χ0v) is 17.7. The van der Waals surface area contributed by atoms with E-state index < -0.39 is 11.8 Å². The van der Waals surface area contributed by atoms with E-state index in [1.807, 2.05) is 32.0 Å². The monoisotopic (exact) mass is 426 g/mol. The summed E-state index contributed by atoms with van der Waals surface area (Å²) in [5.41, 5.74) is 5.58. The van der Waals surface area contributed by atoms with Crippen LogP contribution in [0.15, 0.2) is 47.6 Å². The Labute approximate surface area is 180 Å². The van der Waals surface area contributed by atoms with E-state index in [0.717, 1.165) is 16.8 Å². The van der Waals surface area contributed by atoms with Crippen LogP contribution in [-0.4, -0.2) is 50.8 Å². The number of nitrogens with zero attached hydrogens (tertiary/aromatic N) is 1. The summed E-state index contributed by atoms with van der Waals surface area (Å²) in [4.78, 5) is 35.3. The number of benzene rings is 2. The Morgan fingerprint density at radius 1 is 1.06 bits per heavy atom. The number of aryl methyl sites for hydroxylation is 2. The van der Waals surface area contributed by atoms with E-state index >= 15 is 0 Å². The van der Waals surface area contributed by atoms with Gasteiger partial charge in [0.05, 0.1) is 12.8 Å². The van der Waals surface area contributed by atoms with Gasteiger partial charge in [-0.25, -0.2) is 5.43 Å². The number of rotatable bonds is 9. The SMILES string of the molecule is COCCNC(=O)C(=O)N/N=C\c1cccc(OCC(=O)Nc2ccc(C)cc2C)c1. The number of amides is 3. The van der Waals surface area contributed by atoms with Gasteiger partial charge in [0, 0.05) is 19.3 Å². The van der Waals surface area contributed by atoms with Crippen LogP contribution in [0.5, 0.6) is 5.75 Å². The molecule has 0 spiro atoms. The molecule has 0 saturated heterocycles. The molecule has 164 valence electrons. The van der Waals surface area contributed by atoms with Crippen molar-refractivity contribution in [2.24, 2.45) is 5.10 Å². The smallest absolute Gasteiger partial charge is 0.329 e. The van der Waals surface area contributed by atoms with Gasteiger partial charge < -0.3 is 20.1 Å². The lowest BCUT2D eigenvalue weighted by atomic mass is 10.1. The van der Waals surface area contributed by atoms with Crippen molar-refractivity contribution in [3.05, 3.63) is 59.2 Å². The molecule has 0 atom stereocenters. The molecule has 9 heteroatoms. The van der Waals surface area contributed by atoms with Crippen molar-refractivity contribution in [2.75, 3.05) is 32.2 Å². The highest BCUT2D eigenvalue weighted by Crippen LogP contribution is 2.16. The van der Waals surface area contributed by atoms with E-state index in [-0.39, 0.29) is 19.1 Å². The molecule has 0 saturated carbocycles. The fraction of sp³-hybridized carbons (Fsp3) is 0.273. The molecule has 0 aliphatic carbocycles. The van der Waals surface area contributed by atoms with Gasteiger partial charge in [-0.05, 0) is 43.2 Å². The highest BCUT2D eigenvalue weighted by atomic mass is 16.5. The third kappa shape index (κ3) is 8.27. The minimum Gasteiger partial charge on any atom is -0.484 e. The second-order valence-corrected chi connectivity index (χ2v) is 6.68. The van der Waals surface area contributed by atoms with Crippen LogP contribution in [0.25, 0.3) is 0 Å². The first kappa shape index (κ1) is 23.6. The number of ether oxygens (including phenoxy) is 2. The topological polar surface area (TPSA) is 118 Å². The average molecular weight is 426 g/mol. The average Bonchev–Trinajstić information content (AvgIpc) is 2.74. The Morgan fingerprint density at radius 3 is 2.61 bits per heavy atom. The number of anilines is 1. The van der Waals surface area contributed by atoms with Crippen LogP contribution in [0, 0.1) is 13.8 Å². The predicted molar refractivity (Wildman–Crippen MR) is 117 cm³/mol. The second kappa shape index (κ2) is 12.1. The maximum absolute atomic E-state index is 12.2. The van der Waals surface area contributed by atoms with Gasteiger partial charge in [0.2, 0.25) is 0 Å². The Kier molecular flexibility index (Phi) is 9.18. The molecule has 31 heavy (non-hydrogen) atoms. The first-order chi connectivity index (χ1) is 14.9. The van der Waals surface area contributed by atoms with Crippen molar-refractivity contribution < 1.29 is 23.9 Å². The zero-order chi connectivity index (χ0) is 22.6. The van der Waals surface area contributed by atoms with Crippen molar-refractivity contribution in [3.63, 3.8) is 0 Å². The minimum atomic E-state index is -0.886. The fourth-order valence-corrected chi connectivity index (χ4v) is 2.54. The zero-order valence-electron chi connectivity index (χ0n) is 17.7. The molecule has 0 aromatic heterocycles. The van der Waals surface area contributed by atoms with E-state index in [1.165, 1.54) is 13.3 Å². The normalized spacial score (nSPS) is 10.5. The number of hydrogen-bond donors (Lipinski definition) is 3. The summed E-state index contributed by atoms with van der Waals surface area (Å²) in [6, 6.07) is 12.6. The van der Waals surface area contributed by atoms with Gasteiger partial charge >= 0.3 is 11.8 Å². The van der Waals surface area contributed by atoms with Crippen LogP contribution in [0.1, 0.15) is 16.7 Å². The number of nitrogens with one attached hydrogen (secondary N) is 3. The quantitative estimate of drug-likeness (QED) is 0.243. The molecule has 2 aromatic carbocycles. The van der Waals surface area contributed by atoms with Gasteiger partial charge in [-0.1, -0.05) is 29.8 Å². The van der Waals surface area contributed by atoms with Gasteiger partial charge in [0.25, 0.3) is 5.91 Å². The largest absolute Gasteiger partial charge is 0.484 e. The molecule has 2 aromatic rings. The molecule has 0 aliphatic heterocycles. The summed E-state index contributed by atoms with van der Waals surface area (Å²) >= 11 is 0. The van der Waals surface area contributed by atoms with Gasteiger partial charge in [0.1, 0.15) is 5.75 Å². The Bertz CT molecular complexity index is 959. The first-order valence-corrected chi connectivity index (χ1v) is 9.59. The maximum atomic E-state index is 12.2. The fourth-order valence-electron chi connectivity index (χ4n) is 2.54. The summed E-state index contributed by atoms with van der Waals surface area (Å²) < 4.78 is 10.3. The van der Waals surface area contributed by atoms with E-state index in [9.17, 15) is 14.4 Å². The van der Waals surface area contributed by atoms with Crippen LogP contribution >= 0.6 is 0 Å². The van der Waals surface area contributed by atoms with Crippen molar-refractivity contribution in [1.82, 2.24) is 10.7 Å². The van der Waals surface area contributed by atoms with Gasteiger partial charge in [-0.15, -0.1) is 0 Å². The van der Waals surface area contributed by atoms with E-state index in [1.54, 1.807) is 24.3 Å². The molecular formula is C22H26N4O5. The molecule has 0 heterocycles. The molecular weight excluding hydrogens is 400 g/mol. The third-order valence-corrected chi connectivity index (χ3v) is 4.06. The number of hydrogen-bond acceptors (Lipinski definition) is 6. The molecule has 0 aliphatic rings. The Balaban J connectivity index is 1.83. The van der Waals surface area contributed by atoms with Crippen molar-refractivity contribution in [1.29, 1.82) is 0 Å². The molecule has 0 fully saturated rings. The molecule has 2 rings (SSSR count). The number of hydrazone groups is 1. The van der Waals surface area contributed by atoms with Crippen LogP contribution in [0.3, 0.4) is 0 Å². The van der Waals surface area contributed by atoms with E-state index in [4.69, 9.17) is 9.47 Å². The number of carbonyl (C=O) groups excluding carboxylic acids is 3. The lowest BCUT2D eigenvalue weighted by Crippen LogP contribution is -2.39. The molecule has 0 unspecified atom stereocenters. The molecule has 3 amide bonds. The molecule has 9 nitrogen and oxygen atoms in total. The molecule has 3 N–H and O–H groups in total. The number of carbonyl (C=O) groups is 3. The maximum Gasteiger partial charge on any atom is 0.329 e. The van der Waals surface area contributed by atoms with Gasteiger partial charge in [0.15, 0.2) is 6.61 Å². The van der Waals surface area contributed by atoms with E-state index in [2.05, 4.69) is 21.2 Å². The Morgan fingerprint density at radius 2 is 1.87 bits per heavy atom. The number of methoxy groups -OCH3 is 1.